The maximum Gasteiger partial charge on any atom is 0.102 e. The maximum atomic E-state index is 2.34. The summed E-state index contributed by atoms with van der Waals surface area (Å²) in [7, 11) is 4.38. The van der Waals surface area contributed by atoms with Crippen LogP contribution in [0.15, 0.2) is 0 Å². The summed E-state index contributed by atoms with van der Waals surface area (Å²) in [6.45, 7) is 2.29. The Balaban J connectivity index is 1.99. The summed E-state index contributed by atoms with van der Waals surface area (Å²) < 4.78 is 0.705. The molecule has 0 unspecified atom stereocenters. The standard InChI is InChI=1S/C13H27NS2/c1-4-5-6-7-8-9-12-10-15-13(14(2)3)16-11-12/h12-13H,4-11H2,1-3H3. The molecule has 1 heterocycles. The molecule has 0 aliphatic carbocycles. The lowest BCUT2D eigenvalue weighted by atomic mass is 10.0. The van der Waals surface area contributed by atoms with Gasteiger partial charge in [-0.15, -0.1) is 23.5 Å². The zero-order chi connectivity index (χ0) is 11.8. The maximum absolute atomic E-state index is 2.34. The number of nitrogens with zero attached hydrogens (tertiary/aromatic N) is 1. The fourth-order valence-corrected chi connectivity index (χ4v) is 5.08. The van der Waals surface area contributed by atoms with Crippen LogP contribution >= 0.6 is 23.5 Å². The van der Waals surface area contributed by atoms with Crippen LogP contribution in [-0.2, 0) is 0 Å². The predicted molar refractivity (Wildman–Crippen MR) is 79.3 cm³/mol. The van der Waals surface area contributed by atoms with E-state index in [9.17, 15) is 0 Å². The highest BCUT2D eigenvalue weighted by atomic mass is 32.2. The summed E-state index contributed by atoms with van der Waals surface area (Å²) in [5.41, 5.74) is 0. The quantitative estimate of drug-likeness (QED) is 0.630. The van der Waals surface area contributed by atoms with Crippen LogP contribution in [0, 0.1) is 5.92 Å². The Bertz CT molecular complexity index is 165. The van der Waals surface area contributed by atoms with Gasteiger partial charge in [-0.3, -0.25) is 4.90 Å². The predicted octanol–water partition coefficient (Wildman–Crippen LogP) is 4.29. The van der Waals surface area contributed by atoms with Crippen LogP contribution in [0.4, 0.5) is 0 Å². The van der Waals surface area contributed by atoms with Gasteiger partial charge in [0.15, 0.2) is 0 Å². The molecule has 0 atom stereocenters. The molecule has 0 aromatic heterocycles. The monoisotopic (exact) mass is 261 g/mol. The fourth-order valence-electron chi connectivity index (χ4n) is 2.03. The minimum Gasteiger partial charge on any atom is -0.289 e. The van der Waals surface area contributed by atoms with Crippen LogP contribution in [-0.4, -0.2) is 35.2 Å². The minimum atomic E-state index is 0.705. The average molecular weight is 262 g/mol. The van der Waals surface area contributed by atoms with E-state index in [1.54, 1.807) is 0 Å². The largest absolute Gasteiger partial charge is 0.289 e. The van der Waals surface area contributed by atoms with Crippen molar-refractivity contribution in [3.63, 3.8) is 0 Å². The van der Waals surface area contributed by atoms with Gasteiger partial charge in [-0.2, -0.15) is 0 Å². The van der Waals surface area contributed by atoms with Crippen LogP contribution in [0.25, 0.3) is 0 Å². The molecule has 0 bridgehead atoms. The van der Waals surface area contributed by atoms with E-state index in [0.29, 0.717) is 4.71 Å². The van der Waals surface area contributed by atoms with Crippen LogP contribution in [0.3, 0.4) is 0 Å². The zero-order valence-corrected chi connectivity index (χ0v) is 12.7. The number of hydrogen-bond acceptors (Lipinski definition) is 3. The van der Waals surface area contributed by atoms with E-state index in [1.807, 2.05) is 0 Å². The summed E-state index contributed by atoms with van der Waals surface area (Å²) in [5.74, 6) is 3.74. The zero-order valence-electron chi connectivity index (χ0n) is 11.1. The first-order valence-corrected chi connectivity index (χ1v) is 8.73. The lowest BCUT2D eigenvalue weighted by Crippen LogP contribution is -2.28. The van der Waals surface area contributed by atoms with E-state index >= 15 is 0 Å². The molecule has 3 heteroatoms. The van der Waals surface area contributed by atoms with Gasteiger partial charge in [0.1, 0.15) is 4.71 Å². The number of unbranched alkanes of at least 4 members (excludes halogenated alkanes) is 4. The molecule has 0 spiro atoms. The smallest absolute Gasteiger partial charge is 0.102 e. The van der Waals surface area contributed by atoms with Crippen molar-refractivity contribution in [3.05, 3.63) is 0 Å². The van der Waals surface area contributed by atoms with Gasteiger partial charge < -0.3 is 0 Å². The van der Waals surface area contributed by atoms with Crippen molar-refractivity contribution < 1.29 is 0 Å². The molecule has 0 amide bonds. The summed E-state index contributed by atoms with van der Waals surface area (Å²) in [5, 5.41) is 0. The highest BCUT2D eigenvalue weighted by Gasteiger charge is 2.22. The Hall–Kier alpha value is 0.660. The number of thioether (sulfide) groups is 2. The van der Waals surface area contributed by atoms with Crippen molar-refractivity contribution >= 4 is 23.5 Å². The molecule has 0 N–H and O–H groups in total. The molecule has 1 nitrogen and oxygen atoms in total. The third-order valence-electron chi connectivity index (χ3n) is 3.09. The van der Waals surface area contributed by atoms with Gasteiger partial charge in [-0.25, -0.2) is 0 Å². The van der Waals surface area contributed by atoms with E-state index < -0.39 is 0 Å². The number of hydrogen-bond donors (Lipinski definition) is 0. The Kier molecular flexibility index (Phi) is 8.01. The van der Waals surface area contributed by atoms with Crippen molar-refractivity contribution in [2.24, 2.45) is 5.92 Å². The molecule has 1 saturated heterocycles. The van der Waals surface area contributed by atoms with Gasteiger partial charge in [-0.05, 0) is 37.9 Å². The molecule has 0 aromatic carbocycles. The molecule has 0 saturated carbocycles. The fraction of sp³-hybridized carbons (Fsp3) is 1.00. The number of rotatable bonds is 7. The normalized spacial score (nSPS) is 26.2. The van der Waals surface area contributed by atoms with Crippen molar-refractivity contribution in [3.8, 4) is 0 Å². The summed E-state index contributed by atoms with van der Waals surface area (Å²) in [6.07, 6.45) is 8.61. The van der Waals surface area contributed by atoms with Crippen LogP contribution in [0.2, 0.25) is 0 Å². The van der Waals surface area contributed by atoms with Gasteiger partial charge in [-0.1, -0.05) is 39.0 Å². The molecule has 0 radical (unpaired) electrons. The Labute approximate surface area is 110 Å². The second-order valence-corrected chi connectivity index (χ2v) is 7.53. The molecular weight excluding hydrogens is 234 g/mol. The molecule has 16 heavy (non-hydrogen) atoms. The van der Waals surface area contributed by atoms with Crippen molar-refractivity contribution in [1.82, 2.24) is 4.90 Å². The molecule has 1 aliphatic heterocycles. The summed E-state index contributed by atoms with van der Waals surface area (Å²) in [6, 6.07) is 0. The molecular formula is C13H27NS2. The van der Waals surface area contributed by atoms with E-state index in [0.717, 1.165) is 5.92 Å². The first-order valence-electron chi connectivity index (χ1n) is 6.63. The van der Waals surface area contributed by atoms with Gasteiger partial charge in [0, 0.05) is 0 Å². The Morgan fingerprint density at radius 1 is 1.00 bits per heavy atom. The van der Waals surface area contributed by atoms with E-state index in [4.69, 9.17) is 0 Å². The van der Waals surface area contributed by atoms with E-state index in [1.165, 1.54) is 50.0 Å². The Morgan fingerprint density at radius 3 is 2.19 bits per heavy atom. The van der Waals surface area contributed by atoms with Crippen molar-refractivity contribution in [2.75, 3.05) is 25.6 Å². The molecule has 96 valence electrons. The second kappa shape index (κ2) is 8.71. The van der Waals surface area contributed by atoms with Gasteiger partial charge in [0.25, 0.3) is 0 Å². The third kappa shape index (κ3) is 5.83. The van der Waals surface area contributed by atoms with Gasteiger partial charge in [0.05, 0.1) is 0 Å². The molecule has 1 fully saturated rings. The first kappa shape index (κ1) is 14.7. The van der Waals surface area contributed by atoms with Crippen molar-refractivity contribution in [1.29, 1.82) is 0 Å². The SMILES string of the molecule is CCCCCCCC1CSC(N(C)C)SC1. The lowest BCUT2D eigenvalue weighted by molar-refractivity contribution is 0.451. The third-order valence-corrected chi connectivity index (χ3v) is 6.64. The van der Waals surface area contributed by atoms with Gasteiger partial charge in [0.2, 0.25) is 0 Å². The highest BCUT2D eigenvalue weighted by molar-refractivity contribution is 8.17. The van der Waals surface area contributed by atoms with Crippen LogP contribution in [0.5, 0.6) is 0 Å². The molecule has 1 rings (SSSR count). The van der Waals surface area contributed by atoms with E-state index in [-0.39, 0.29) is 0 Å². The lowest BCUT2D eigenvalue weighted by Gasteiger charge is -2.31. The highest BCUT2D eigenvalue weighted by Crippen LogP contribution is 2.36. The molecule has 1 aliphatic rings. The average Bonchev–Trinajstić information content (AvgIpc) is 2.29. The van der Waals surface area contributed by atoms with Crippen molar-refractivity contribution in [2.45, 2.75) is 50.2 Å². The second-order valence-electron chi connectivity index (χ2n) is 5.01. The minimum absolute atomic E-state index is 0.705. The summed E-state index contributed by atoms with van der Waals surface area (Å²) in [4.78, 5) is 2.34. The van der Waals surface area contributed by atoms with Crippen LogP contribution < -0.4 is 0 Å². The topological polar surface area (TPSA) is 3.24 Å². The summed E-state index contributed by atoms with van der Waals surface area (Å²) >= 11 is 4.27. The van der Waals surface area contributed by atoms with Gasteiger partial charge >= 0.3 is 0 Å². The Morgan fingerprint density at radius 2 is 1.62 bits per heavy atom. The first-order chi connectivity index (χ1) is 7.74. The molecule has 0 aromatic rings. The van der Waals surface area contributed by atoms with E-state index in [2.05, 4.69) is 49.4 Å². The van der Waals surface area contributed by atoms with Crippen LogP contribution in [0.1, 0.15) is 45.4 Å².